The lowest BCUT2D eigenvalue weighted by atomic mass is 9.81. The normalized spacial score (nSPS) is 12.9. The summed E-state index contributed by atoms with van der Waals surface area (Å²) in [7, 11) is 0. The Morgan fingerprint density at radius 2 is 1.08 bits per heavy atom. The van der Waals surface area contributed by atoms with Crippen LogP contribution in [0.3, 0.4) is 0 Å². The summed E-state index contributed by atoms with van der Waals surface area (Å²) in [5.41, 5.74) is 25.2. The zero-order valence-corrected chi connectivity index (χ0v) is 27.6. The van der Waals surface area contributed by atoms with Gasteiger partial charge in [0.1, 0.15) is 0 Å². The van der Waals surface area contributed by atoms with Crippen molar-refractivity contribution >= 4 is 5.57 Å². The maximum Gasteiger partial charge on any atom is 0.0700 e. The lowest BCUT2D eigenvalue weighted by Crippen LogP contribution is -2.37. The minimum absolute atomic E-state index is 0.585. The summed E-state index contributed by atoms with van der Waals surface area (Å²) in [5, 5.41) is 0. The number of hydrogen-bond acceptors (Lipinski definition) is 1. The first-order valence-corrected chi connectivity index (χ1v) is 16.8. The molecule has 0 saturated heterocycles. The van der Waals surface area contributed by atoms with Crippen LogP contribution in [0.1, 0.15) is 52.3 Å². The fourth-order valence-electron chi connectivity index (χ4n) is 7.57. The third-order valence-electron chi connectivity index (χ3n) is 9.97. The molecule has 0 spiro atoms. The number of benzene rings is 6. The predicted molar refractivity (Wildman–Crippen MR) is 205 cm³/mol. The molecule has 0 unspecified atom stereocenters. The molecule has 48 heavy (non-hydrogen) atoms. The largest absolute Gasteiger partial charge is 0.317 e. The summed E-state index contributed by atoms with van der Waals surface area (Å²) < 4.78 is 0. The van der Waals surface area contributed by atoms with E-state index in [4.69, 9.17) is 5.73 Å². The molecule has 2 N–H and O–H groups in total. The molecule has 6 aromatic carbocycles. The van der Waals surface area contributed by atoms with Crippen LogP contribution in [-0.2, 0) is 18.4 Å². The van der Waals surface area contributed by atoms with Crippen LogP contribution in [0.5, 0.6) is 0 Å². The maximum atomic E-state index is 7.11. The molecule has 0 aromatic heterocycles. The predicted octanol–water partition coefficient (Wildman–Crippen LogP) is 11.6. The first-order chi connectivity index (χ1) is 23.6. The van der Waals surface area contributed by atoms with Crippen molar-refractivity contribution < 1.29 is 0 Å². The van der Waals surface area contributed by atoms with Crippen LogP contribution in [0.25, 0.3) is 39.0 Å². The topological polar surface area (TPSA) is 26.0 Å². The average molecular weight is 620 g/mol. The smallest absolute Gasteiger partial charge is 0.0700 e. The molecule has 0 radical (unpaired) electrons. The molecule has 2 aliphatic carbocycles. The Morgan fingerprint density at radius 1 is 0.583 bits per heavy atom. The molecular weight excluding hydrogens is 579 g/mol. The van der Waals surface area contributed by atoms with Crippen LogP contribution >= 0.6 is 0 Å². The van der Waals surface area contributed by atoms with E-state index in [1.165, 1.54) is 66.8 Å². The molecule has 234 valence electrons. The van der Waals surface area contributed by atoms with Gasteiger partial charge in [0, 0.05) is 0 Å². The van der Waals surface area contributed by atoms with E-state index in [-0.39, 0.29) is 0 Å². The van der Waals surface area contributed by atoms with E-state index in [9.17, 15) is 0 Å². The fraction of sp³-hybridized carbons (Fsp3) is 0.106. The minimum Gasteiger partial charge on any atom is -0.317 e. The van der Waals surface area contributed by atoms with Gasteiger partial charge in [-0.05, 0) is 104 Å². The maximum absolute atomic E-state index is 7.11. The van der Waals surface area contributed by atoms with Gasteiger partial charge >= 0.3 is 0 Å². The van der Waals surface area contributed by atoms with E-state index in [0.29, 0.717) is 6.42 Å². The molecule has 0 bridgehead atoms. The summed E-state index contributed by atoms with van der Waals surface area (Å²) in [4.78, 5) is 0. The summed E-state index contributed by atoms with van der Waals surface area (Å²) in [6.07, 6.45) is 9.27. The van der Waals surface area contributed by atoms with Crippen LogP contribution in [0.4, 0.5) is 0 Å². The van der Waals surface area contributed by atoms with Crippen LogP contribution in [0.15, 0.2) is 171 Å². The highest BCUT2D eigenvalue weighted by Gasteiger charge is 2.29. The van der Waals surface area contributed by atoms with E-state index < -0.39 is 5.54 Å². The molecule has 6 aromatic rings. The van der Waals surface area contributed by atoms with Crippen molar-refractivity contribution in [1.29, 1.82) is 0 Å². The first-order valence-electron chi connectivity index (χ1n) is 16.8. The molecule has 1 nitrogen and oxygen atoms in total. The Morgan fingerprint density at radius 3 is 1.71 bits per heavy atom. The van der Waals surface area contributed by atoms with Crippen molar-refractivity contribution in [2.24, 2.45) is 5.73 Å². The Bertz CT molecular complexity index is 2110. The van der Waals surface area contributed by atoms with Gasteiger partial charge in [-0.25, -0.2) is 0 Å². The van der Waals surface area contributed by atoms with E-state index in [1.54, 1.807) is 0 Å². The van der Waals surface area contributed by atoms with Gasteiger partial charge in [0.25, 0.3) is 0 Å². The number of allylic oxidation sites excluding steroid dienone is 3. The third-order valence-corrected chi connectivity index (χ3v) is 9.97. The second-order valence-electron chi connectivity index (χ2n) is 12.7. The highest BCUT2D eigenvalue weighted by Crippen LogP contribution is 2.49. The molecule has 8 rings (SSSR count). The molecule has 0 amide bonds. The molecule has 2 aliphatic rings. The Balaban J connectivity index is 0.00000179. The van der Waals surface area contributed by atoms with E-state index >= 15 is 0 Å². The monoisotopic (exact) mass is 619 g/mol. The highest BCUT2D eigenvalue weighted by molar-refractivity contribution is 5.98. The zero-order valence-electron chi connectivity index (χ0n) is 27.6. The Hall–Kier alpha value is -5.50. The van der Waals surface area contributed by atoms with Crippen LogP contribution in [0.2, 0.25) is 0 Å². The second-order valence-corrected chi connectivity index (χ2v) is 12.7. The van der Waals surface area contributed by atoms with Gasteiger partial charge in [0.2, 0.25) is 0 Å². The van der Waals surface area contributed by atoms with Crippen molar-refractivity contribution in [1.82, 2.24) is 0 Å². The lowest BCUT2D eigenvalue weighted by molar-refractivity contribution is 0.547. The summed E-state index contributed by atoms with van der Waals surface area (Å²) in [5.74, 6) is 0. The molecular formula is C47H41N. The third kappa shape index (κ3) is 5.57. The molecule has 1 heteroatoms. The minimum atomic E-state index is -0.585. The van der Waals surface area contributed by atoms with Crippen molar-refractivity contribution in [2.75, 3.05) is 0 Å². The summed E-state index contributed by atoms with van der Waals surface area (Å²) in [6, 6.07) is 50.4. The number of fused-ring (bicyclic) bond motifs is 6. The van der Waals surface area contributed by atoms with Gasteiger partial charge in [-0.1, -0.05) is 158 Å². The lowest BCUT2D eigenvalue weighted by Gasteiger charge is -2.29. The van der Waals surface area contributed by atoms with Crippen molar-refractivity contribution in [2.45, 2.75) is 31.7 Å². The average Bonchev–Trinajstić information content (AvgIpc) is 3.73. The second kappa shape index (κ2) is 13.3. The molecule has 0 saturated carbocycles. The van der Waals surface area contributed by atoms with E-state index in [1.807, 2.05) is 12.1 Å². The molecule has 0 atom stereocenters. The number of rotatable bonds is 7. The van der Waals surface area contributed by atoms with Gasteiger partial charge in [-0.15, -0.1) is 13.2 Å². The van der Waals surface area contributed by atoms with Crippen LogP contribution in [0, 0.1) is 0 Å². The van der Waals surface area contributed by atoms with E-state index in [2.05, 4.69) is 166 Å². The fourth-order valence-corrected chi connectivity index (χ4v) is 7.57. The van der Waals surface area contributed by atoms with Gasteiger partial charge < -0.3 is 5.73 Å². The molecule has 0 heterocycles. The van der Waals surface area contributed by atoms with E-state index in [0.717, 1.165) is 24.0 Å². The first kappa shape index (κ1) is 31.1. The SMILES string of the molecule is C/C(=C\C=C/CC(N)(c1ccccc1)c1ccccc1)c1ccc2c(c1)Cc1cccc(-c3cccc4c3-c3ccccc3C4)c1-2.C=C. The van der Waals surface area contributed by atoms with Crippen molar-refractivity contribution in [3.63, 3.8) is 0 Å². The Labute approximate surface area is 285 Å². The summed E-state index contributed by atoms with van der Waals surface area (Å²) in [6.45, 7) is 8.20. The van der Waals surface area contributed by atoms with Gasteiger partial charge in [0.05, 0.1) is 5.54 Å². The van der Waals surface area contributed by atoms with Crippen molar-refractivity contribution in [3.8, 4) is 33.4 Å². The van der Waals surface area contributed by atoms with Gasteiger partial charge in [-0.2, -0.15) is 0 Å². The zero-order chi connectivity index (χ0) is 33.1. The highest BCUT2D eigenvalue weighted by atomic mass is 14.7. The number of hydrogen-bond donors (Lipinski definition) is 1. The summed E-state index contributed by atoms with van der Waals surface area (Å²) >= 11 is 0. The Kier molecular flexibility index (Phi) is 8.63. The van der Waals surface area contributed by atoms with Crippen molar-refractivity contribution in [3.05, 3.63) is 210 Å². The quantitative estimate of drug-likeness (QED) is 0.139. The van der Waals surface area contributed by atoms with Crippen LogP contribution in [-0.4, -0.2) is 0 Å². The molecule has 0 aliphatic heterocycles. The number of nitrogens with two attached hydrogens (primary N) is 1. The standard InChI is InChI=1S/C45H37N.C2H4/c1-31(14-10-11-27-45(46,37-18-4-2-5-19-37)38-20-6-3-7-21-38)32-25-26-40-36(28-32)30-35-17-13-24-42(44(35)40)41-23-12-16-34-29-33-15-8-9-22-39(33)43(34)41;1-2/h2-26,28H,27,29-30,46H2,1H3;1-2H2/b11-10-,31-14+;. The van der Waals surface area contributed by atoms with Gasteiger partial charge in [0.15, 0.2) is 0 Å². The molecule has 0 fully saturated rings. The van der Waals surface area contributed by atoms with Crippen LogP contribution < -0.4 is 5.73 Å². The van der Waals surface area contributed by atoms with Gasteiger partial charge in [-0.3, -0.25) is 0 Å².